The first kappa shape index (κ1) is 15.0. The van der Waals surface area contributed by atoms with E-state index in [0.29, 0.717) is 32.0 Å². The van der Waals surface area contributed by atoms with Crippen LogP contribution in [0.15, 0.2) is 42.6 Å². The number of hydrogen-bond donors (Lipinski definition) is 3. The third-order valence-electron chi connectivity index (χ3n) is 4.01. The number of carbonyl (C=O) groups excluding carboxylic acids is 1. The normalized spacial score (nSPS) is 14.8. The lowest BCUT2D eigenvalue weighted by molar-refractivity contribution is -0.894. The second kappa shape index (κ2) is 6.04. The van der Waals surface area contributed by atoms with E-state index in [2.05, 4.69) is 0 Å². The molecule has 120 valence electrons. The summed E-state index contributed by atoms with van der Waals surface area (Å²) in [5.41, 5.74) is 6.06. The number of piperazine rings is 1. The van der Waals surface area contributed by atoms with Gasteiger partial charge in [-0.15, -0.1) is 0 Å². The topological polar surface area (TPSA) is 93.9 Å². The molecule has 1 saturated heterocycles. The summed E-state index contributed by atoms with van der Waals surface area (Å²) >= 11 is 0. The van der Waals surface area contributed by atoms with E-state index in [0.717, 1.165) is 4.73 Å². The van der Waals surface area contributed by atoms with Crippen molar-refractivity contribution in [1.29, 1.82) is 0 Å². The molecule has 2 heterocycles. The Balaban J connectivity index is 1.71. The van der Waals surface area contributed by atoms with Crippen molar-refractivity contribution in [3.8, 4) is 5.75 Å². The first-order valence-corrected chi connectivity index (χ1v) is 7.39. The van der Waals surface area contributed by atoms with Crippen molar-refractivity contribution in [2.45, 2.75) is 0 Å². The van der Waals surface area contributed by atoms with Crippen LogP contribution in [0.2, 0.25) is 0 Å². The lowest BCUT2D eigenvalue weighted by Crippen LogP contribution is -2.52. The Morgan fingerprint density at radius 1 is 1.09 bits per heavy atom. The molecule has 4 N–H and O–H groups in total. The Labute approximate surface area is 133 Å². The zero-order chi connectivity index (χ0) is 16.4. The number of phenolic OH excluding ortho intramolecular Hbond substituents is 1. The summed E-state index contributed by atoms with van der Waals surface area (Å²) in [4.78, 5) is 16.2. The molecule has 0 saturated carbocycles. The van der Waals surface area contributed by atoms with Crippen molar-refractivity contribution in [2.75, 3.05) is 36.8 Å². The summed E-state index contributed by atoms with van der Waals surface area (Å²) in [7, 11) is 0. The summed E-state index contributed by atoms with van der Waals surface area (Å²) in [6.07, 6.45) is 1.57. The number of amides is 1. The summed E-state index contributed by atoms with van der Waals surface area (Å²) in [5.74, 6) is 0.280. The first-order valence-electron chi connectivity index (χ1n) is 7.39. The molecule has 0 radical (unpaired) electrons. The van der Waals surface area contributed by atoms with Crippen molar-refractivity contribution in [2.24, 2.45) is 0 Å². The fourth-order valence-electron chi connectivity index (χ4n) is 2.72. The van der Waals surface area contributed by atoms with Gasteiger partial charge >= 0.3 is 5.82 Å². The standard InChI is InChI=1S/C16H18N4O3/c17-13-5-3-4-12(15(13)21)16(22)19-10-8-18(9-11-19)14-6-1-2-7-20(14)23/h1-7H,8-11,17H2,(H-,21,22,23)/p+1. The Bertz CT molecular complexity index is 727. The predicted molar refractivity (Wildman–Crippen MR) is 84.5 cm³/mol. The van der Waals surface area contributed by atoms with Crippen LogP contribution in [0, 0.1) is 0 Å². The number of benzene rings is 1. The van der Waals surface area contributed by atoms with Crippen molar-refractivity contribution < 1.29 is 19.8 Å². The number of para-hydroxylation sites is 1. The zero-order valence-electron chi connectivity index (χ0n) is 12.6. The number of phenols is 1. The van der Waals surface area contributed by atoms with Crippen molar-refractivity contribution >= 4 is 17.4 Å². The predicted octanol–water partition coefficient (Wildman–Crippen LogP) is 0.462. The molecule has 0 spiro atoms. The zero-order valence-corrected chi connectivity index (χ0v) is 12.6. The number of rotatable bonds is 2. The number of aromatic nitrogens is 1. The molecule has 3 rings (SSSR count). The molecule has 1 fully saturated rings. The van der Waals surface area contributed by atoms with Crippen molar-refractivity contribution in [1.82, 2.24) is 4.90 Å². The van der Waals surface area contributed by atoms with Gasteiger partial charge in [0, 0.05) is 6.07 Å². The molecule has 0 atom stereocenters. The van der Waals surface area contributed by atoms with Crippen LogP contribution >= 0.6 is 0 Å². The average molecular weight is 315 g/mol. The minimum Gasteiger partial charge on any atom is -0.505 e. The molecule has 0 bridgehead atoms. The molecular weight excluding hydrogens is 296 g/mol. The third kappa shape index (κ3) is 2.85. The number of pyridine rings is 1. The fourth-order valence-corrected chi connectivity index (χ4v) is 2.72. The molecule has 1 aromatic carbocycles. The van der Waals surface area contributed by atoms with Gasteiger partial charge in [0.1, 0.15) is 19.3 Å². The van der Waals surface area contributed by atoms with Crippen molar-refractivity contribution in [3.63, 3.8) is 0 Å². The van der Waals surface area contributed by atoms with Crippen LogP contribution < -0.4 is 15.4 Å². The maximum absolute atomic E-state index is 12.5. The number of nitrogen functional groups attached to an aromatic ring is 1. The van der Waals surface area contributed by atoms with E-state index in [4.69, 9.17) is 5.73 Å². The highest BCUT2D eigenvalue weighted by Crippen LogP contribution is 2.26. The van der Waals surface area contributed by atoms with E-state index in [1.165, 1.54) is 0 Å². The van der Waals surface area contributed by atoms with E-state index < -0.39 is 0 Å². The lowest BCUT2D eigenvalue weighted by Gasteiger charge is -2.31. The summed E-state index contributed by atoms with van der Waals surface area (Å²) < 4.78 is 1.07. The highest BCUT2D eigenvalue weighted by molar-refractivity contribution is 5.98. The molecule has 7 heteroatoms. The second-order valence-corrected chi connectivity index (χ2v) is 5.43. The van der Waals surface area contributed by atoms with E-state index in [1.807, 2.05) is 17.0 Å². The SMILES string of the molecule is Nc1cccc(C(=O)N2CCN(c3cccc[n+]3O)CC2)c1O. The number of nitrogens with zero attached hydrogens (tertiary/aromatic N) is 3. The molecule has 23 heavy (non-hydrogen) atoms. The lowest BCUT2D eigenvalue weighted by atomic mass is 10.1. The maximum atomic E-state index is 12.5. The number of anilines is 2. The summed E-state index contributed by atoms with van der Waals surface area (Å²) in [6.45, 7) is 2.20. The number of carbonyl (C=O) groups is 1. The van der Waals surface area contributed by atoms with Crippen LogP contribution in [-0.4, -0.2) is 47.3 Å². The molecule has 1 aliphatic rings. The monoisotopic (exact) mass is 315 g/mol. The minimum absolute atomic E-state index is 0.170. The highest BCUT2D eigenvalue weighted by Gasteiger charge is 2.29. The van der Waals surface area contributed by atoms with Gasteiger partial charge in [-0.3, -0.25) is 9.69 Å². The van der Waals surface area contributed by atoms with Crippen LogP contribution in [0.3, 0.4) is 0 Å². The Morgan fingerprint density at radius 2 is 1.83 bits per heavy atom. The van der Waals surface area contributed by atoms with Gasteiger partial charge in [-0.05, 0) is 18.2 Å². The minimum atomic E-state index is -0.237. The third-order valence-corrected chi connectivity index (χ3v) is 4.01. The Hall–Kier alpha value is -2.96. The average Bonchev–Trinajstić information content (AvgIpc) is 2.57. The Morgan fingerprint density at radius 3 is 2.52 bits per heavy atom. The quantitative estimate of drug-likeness (QED) is 0.324. The van der Waals surface area contributed by atoms with E-state index in [9.17, 15) is 15.1 Å². The summed E-state index contributed by atoms with van der Waals surface area (Å²) in [6, 6.07) is 10.2. The number of nitrogens with two attached hydrogens (primary N) is 1. The van der Waals surface area contributed by atoms with E-state index >= 15 is 0 Å². The number of aromatic hydroxyl groups is 1. The van der Waals surface area contributed by atoms with Crippen LogP contribution in [-0.2, 0) is 0 Å². The van der Waals surface area contributed by atoms with Crippen LogP contribution in [0.25, 0.3) is 0 Å². The largest absolute Gasteiger partial charge is 0.505 e. The summed E-state index contributed by atoms with van der Waals surface area (Å²) in [5, 5.41) is 19.8. The van der Waals surface area contributed by atoms with Crippen LogP contribution in [0.1, 0.15) is 10.4 Å². The smallest absolute Gasteiger partial charge is 0.316 e. The van der Waals surface area contributed by atoms with Gasteiger partial charge in [-0.1, -0.05) is 16.9 Å². The van der Waals surface area contributed by atoms with Gasteiger partial charge < -0.3 is 20.9 Å². The van der Waals surface area contributed by atoms with Gasteiger partial charge in [0.15, 0.2) is 5.75 Å². The molecule has 0 aliphatic carbocycles. The maximum Gasteiger partial charge on any atom is 0.316 e. The van der Waals surface area contributed by atoms with E-state index in [-0.39, 0.29) is 22.9 Å². The van der Waals surface area contributed by atoms with Gasteiger partial charge in [-0.25, -0.2) is 0 Å². The molecular formula is C16H19N4O3+. The number of hydrogen-bond acceptors (Lipinski definition) is 5. The second-order valence-electron chi connectivity index (χ2n) is 5.43. The Kier molecular flexibility index (Phi) is 3.92. The van der Waals surface area contributed by atoms with E-state index in [1.54, 1.807) is 35.4 Å². The fraction of sp³-hybridized carbons (Fsp3) is 0.250. The van der Waals surface area contributed by atoms with Gasteiger partial charge in [-0.2, -0.15) is 0 Å². The van der Waals surface area contributed by atoms with Gasteiger partial charge in [0.25, 0.3) is 5.91 Å². The molecule has 0 unspecified atom stereocenters. The first-order chi connectivity index (χ1) is 11.1. The van der Waals surface area contributed by atoms with Crippen molar-refractivity contribution in [3.05, 3.63) is 48.2 Å². The molecule has 1 amide bonds. The molecule has 1 aromatic heterocycles. The van der Waals surface area contributed by atoms with Gasteiger partial charge in [0.2, 0.25) is 0 Å². The highest BCUT2D eigenvalue weighted by atomic mass is 16.5. The van der Waals surface area contributed by atoms with Crippen LogP contribution in [0.5, 0.6) is 5.75 Å². The molecule has 1 aliphatic heterocycles. The van der Waals surface area contributed by atoms with Gasteiger partial charge in [0.05, 0.1) is 24.3 Å². The molecule has 7 nitrogen and oxygen atoms in total. The molecule has 2 aromatic rings. The van der Waals surface area contributed by atoms with Crippen LogP contribution in [0.4, 0.5) is 11.5 Å².